The molecule has 10 nitrogen and oxygen atoms in total. The van der Waals surface area contributed by atoms with Crippen molar-refractivity contribution in [1.82, 2.24) is 19.7 Å². The van der Waals surface area contributed by atoms with E-state index in [0.717, 1.165) is 54.1 Å². The van der Waals surface area contributed by atoms with Crippen molar-refractivity contribution in [3.63, 3.8) is 0 Å². The number of nitrogens with one attached hydrogen (secondary N) is 4. The maximum Gasteiger partial charge on any atom is 0.241 e. The Balaban J connectivity index is 1.09. The maximum atomic E-state index is 13.2. The molecule has 5 aromatic rings. The number of hydrogen-bond acceptors (Lipinski definition) is 9. The highest BCUT2D eigenvalue weighted by Crippen LogP contribution is 2.30. The van der Waals surface area contributed by atoms with Crippen molar-refractivity contribution in [3.8, 4) is 0 Å². The molecule has 48 heavy (non-hydrogen) atoms. The standard InChI is InChI=1S/C37H46N8O2S/c1-28-19-21-30(22-20-28)27-40-37-43-35(42-36(44-37)39-26-23-29-13-7-6-8-14-29)38-24-9-4-5-10-25-41-48(46,47)34-18-12-15-31-32(34)16-11-17-33(31)45(2)3/h6-8,11-22,41H,4-5,9-10,23-27H2,1-3H3,(H3,38,39,40,42,43,44). The lowest BCUT2D eigenvalue weighted by Crippen LogP contribution is -2.25. The largest absolute Gasteiger partial charge is 0.377 e. The number of aryl methyl sites for hydroxylation is 1. The zero-order chi connectivity index (χ0) is 33.8. The van der Waals surface area contributed by atoms with Gasteiger partial charge in [-0.25, -0.2) is 13.1 Å². The highest BCUT2D eigenvalue weighted by molar-refractivity contribution is 7.89. The van der Waals surface area contributed by atoms with Gasteiger partial charge in [0.25, 0.3) is 0 Å². The van der Waals surface area contributed by atoms with Crippen molar-refractivity contribution in [3.05, 3.63) is 108 Å². The lowest BCUT2D eigenvalue weighted by Gasteiger charge is -2.17. The summed E-state index contributed by atoms with van der Waals surface area (Å²) < 4.78 is 29.2. The van der Waals surface area contributed by atoms with Crippen LogP contribution in [0.5, 0.6) is 0 Å². The Bertz CT molecular complexity index is 1870. The second-order valence-electron chi connectivity index (χ2n) is 12.1. The first-order valence-electron chi connectivity index (χ1n) is 16.5. The molecule has 252 valence electrons. The van der Waals surface area contributed by atoms with Crippen LogP contribution < -0.4 is 25.6 Å². The Labute approximate surface area is 284 Å². The fraction of sp³-hybridized carbons (Fsp3) is 0.324. The molecule has 0 amide bonds. The first kappa shape index (κ1) is 34.6. The lowest BCUT2D eigenvalue weighted by molar-refractivity contribution is 0.573. The van der Waals surface area contributed by atoms with Crippen LogP contribution in [0.25, 0.3) is 10.8 Å². The van der Waals surface area contributed by atoms with Crippen LogP contribution in [0.2, 0.25) is 0 Å². The minimum atomic E-state index is -3.63. The third-order valence-electron chi connectivity index (χ3n) is 8.06. The molecule has 4 aromatic carbocycles. The van der Waals surface area contributed by atoms with Gasteiger partial charge in [0, 0.05) is 56.7 Å². The van der Waals surface area contributed by atoms with Gasteiger partial charge in [-0.3, -0.25) is 0 Å². The van der Waals surface area contributed by atoms with Gasteiger partial charge in [0.2, 0.25) is 27.9 Å². The predicted molar refractivity (Wildman–Crippen MR) is 197 cm³/mol. The first-order chi connectivity index (χ1) is 23.3. The Kier molecular flexibility index (Phi) is 12.2. The predicted octanol–water partition coefficient (Wildman–Crippen LogP) is 6.62. The van der Waals surface area contributed by atoms with Crippen molar-refractivity contribution in [2.24, 2.45) is 0 Å². The van der Waals surface area contributed by atoms with Gasteiger partial charge < -0.3 is 20.9 Å². The molecule has 0 fully saturated rings. The zero-order valence-corrected chi connectivity index (χ0v) is 28.9. The summed E-state index contributed by atoms with van der Waals surface area (Å²) in [5.74, 6) is 1.54. The molecular weight excluding hydrogens is 621 g/mol. The molecule has 0 aliphatic carbocycles. The molecule has 0 saturated carbocycles. The Morgan fingerprint density at radius 2 is 1.23 bits per heavy atom. The number of rotatable bonds is 18. The van der Waals surface area contributed by atoms with Gasteiger partial charge in [-0.05, 0) is 49.4 Å². The quantitative estimate of drug-likeness (QED) is 0.0765. The van der Waals surface area contributed by atoms with Gasteiger partial charge in [0.05, 0.1) is 4.90 Å². The molecule has 0 saturated heterocycles. The molecule has 0 aliphatic heterocycles. The van der Waals surface area contributed by atoms with Gasteiger partial charge >= 0.3 is 0 Å². The molecule has 5 rings (SSSR count). The average Bonchev–Trinajstić information content (AvgIpc) is 3.09. The van der Waals surface area contributed by atoms with E-state index >= 15 is 0 Å². The van der Waals surface area contributed by atoms with Crippen LogP contribution in [-0.2, 0) is 23.0 Å². The topological polar surface area (TPSA) is 124 Å². The van der Waals surface area contributed by atoms with E-state index in [0.29, 0.717) is 48.9 Å². The average molecular weight is 667 g/mol. The highest BCUT2D eigenvalue weighted by atomic mass is 32.2. The van der Waals surface area contributed by atoms with Crippen molar-refractivity contribution in [2.75, 3.05) is 54.6 Å². The van der Waals surface area contributed by atoms with E-state index in [9.17, 15) is 8.42 Å². The van der Waals surface area contributed by atoms with E-state index in [-0.39, 0.29) is 0 Å². The summed E-state index contributed by atoms with van der Waals surface area (Å²) in [6.07, 6.45) is 4.36. The number of hydrogen-bond donors (Lipinski definition) is 4. The van der Waals surface area contributed by atoms with Crippen LogP contribution in [0.4, 0.5) is 23.5 Å². The third kappa shape index (κ3) is 9.88. The Hall–Kier alpha value is -4.74. The van der Waals surface area contributed by atoms with E-state index in [1.165, 1.54) is 11.1 Å². The Morgan fingerprint density at radius 3 is 1.94 bits per heavy atom. The van der Waals surface area contributed by atoms with E-state index < -0.39 is 10.0 Å². The van der Waals surface area contributed by atoms with E-state index in [4.69, 9.17) is 0 Å². The normalized spacial score (nSPS) is 11.4. The number of anilines is 4. The molecule has 0 bridgehead atoms. The van der Waals surface area contributed by atoms with Crippen LogP contribution in [0.1, 0.15) is 42.4 Å². The van der Waals surface area contributed by atoms with E-state index in [1.54, 1.807) is 12.1 Å². The number of nitrogens with zero attached hydrogens (tertiary/aromatic N) is 4. The monoisotopic (exact) mass is 666 g/mol. The van der Waals surface area contributed by atoms with Crippen molar-refractivity contribution in [2.45, 2.75) is 50.5 Å². The molecule has 0 aliphatic rings. The van der Waals surface area contributed by atoms with Crippen molar-refractivity contribution >= 4 is 44.3 Å². The molecule has 4 N–H and O–H groups in total. The zero-order valence-electron chi connectivity index (χ0n) is 28.0. The number of fused-ring (bicyclic) bond motifs is 1. The molecule has 11 heteroatoms. The summed E-state index contributed by atoms with van der Waals surface area (Å²) in [6.45, 7) is 4.46. The van der Waals surface area contributed by atoms with Crippen LogP contribution in [0.15, 0.2) is 95.9 Å². The van der Waals surface area contributed by atoms with Gasteiger partial charge in [-0.1, -0.05) is 97.3 Å². The molecular formula is C37H46N8O2S. The van der Waals surface area contributed by atoms with Crippen molar-refractivity contribution in [1.29, 1.82) is 0 Å². The molecule has 1 heterocycles. The Morgan fingerprint density at radius 1 is 0.604 bits per heavy atom. The van der Waals surface area contributed by atoms with Crippen LogP contribution in [0.3, 0.4) is 0 Å². The van der Waals surface area contributed by atoms with Crippen LogP contribution in [0, 0.1) is 6.92 Å². The van der Waals surface area contributed by atoms with E-state index in [1.807, 2.05) is 61.5 Å². The number of benzene rings is 4. The molecule has 0 radical (unpaired) electrons. The fourth-order valence-corrected chi connectivity index (χ4v) is 6.73. The fourth-order valence-electron chi connectivity index (χ4n) is 5.44. The summed E-state index contributed by atoms with van der Waals surface area (Å²) in [4.78, 5) is 16.1. The SMILES string of the molecule is Cc1ccc(CNc2nc(NCCCCCCNS(=O)(=O)c3cccc4c(N(C)C)cccc34)nc(NCCc3ccccc3)n2)cc1. The summed E-state index contributed by atoms with van der Waals surface area (Å²) in [6, 6.07) is 29.9. The molecule has 0 atom stereocenters. The minimum Gasteiger partial charge on any atom is -0.377 e. The molecule has 0 spiro atoms. The van der Waals surface area contributed by atoms with Gasteiger partial charge in [0.15, 0.2) is 0 Å². The molecule has 0 unspecified atom stereocenters. The first-order valence-corrected chi connectivity index (χ1v) is 18.0. The minimum absolute atomic E-state index is 0.312. The van der Waals surface area contributed by atoms with Gasteiger partial charge in [-0.15, -0.1) is 0 Å². The highest BCUT2D eigenvalue weighted by Gasteiger charge is 2.18. The van der Waals surface area contributed by atoms with Crippen molar-refractivity contribution < 1.29 is 8.42 Å². The number of sulfonamides is 1. The summed E-state index contributed by atoms with van der Waals surface area (Å²) >= 11 is 0. The lowest BCUT2D eigenvalue weighted by atomic mass is 10.1. The summed E-state index contributed by atoms with van der Waals surface area (Å²) in [5, 5.41) is 11.7. The number of aromatic nitrogens is 3. The van der Waals surface area contributed by atoms with Gasteiger partial charge in [-0.2, -0.15) is 15.0 Å². The second-order valence-corrected chi connectivity index (χ2v) is 13.8. The molecule has 1 aromatic heterocycles. The third-order valence-corrected chi connectivity index (χ3v) is 9.57. The van der Waals surface area contributed by atoms with Gasteiger partial charge in [0.1, 0.15) is 0 Å². The van der Waals surface area contributed by atoms with E-state index in [2.05, 4.69) is 78.9 Å². The maximum absolute atomic E-state index is 13.2. The summed E-state index contributed by atoms with van der Waals surface area (Å²) in [7, 11) is 0.281. The second kappa shape index (κ2) is 16.9. The summed E-state index contributed by atoms with van der Waals surface area (Å²) in [5.41, 5.74) is 4.60. The van der Waals surface area contributed by atoms with Crippen LogP contribution in [-0.4, -0.2) is 57.1 Å². The van der Waals surface area contributed by atoms with Crippen LogP contribution >= 0.6 is 0 Å². The number of unbranched alkanes of at least 4 members (excludes halogenated alkanes) is 3. The smallest absolute Gasteiger partial charge is 0.241 e.